The summed E-state index contributed by atoms with van der Waals surface area (Å²) >= 11 is 0. The van der Waals surface area contributed by atoms with Gasteiger partial charge in [-0.25, -0.2) is 8.42 Å². The Morgan fingerprint density at radius 1 is 1.11 bits per heavy atom. The summed E-state index contributed by atoms with van der Waals surface area (Å²) in [5.74, 6) is -0.207. The number of hydrogen-bond donors (Lipinski definition) is 2. The van der Waals surface area contributed by atoms with Crippen LogP contribution in [0.2, 0.25) is 0 Å². The minimum atomic E-state index is -3.94. The summed E-state index contributed by atoms with van der Waals surface area (Å²) in [5.41, 5.74) is 1.67. The van der Waals surface area contributed by atoms with Gasteiger partial charge in [-0.05, 0) is 50.6 Å². The molecule has 0 aliphatic heterocycles. The molecular weight excluding hydrogens is 380 g/mol. The average molecular weight is 407 g/mol. The number of rotatable bonds is 9. The topological polar surface area (TPSA) is 93.7 Å². The molecule has 0 saturated heterocycles. The molecule has 0 aliphatic carbocycles. The number of benzene rings is 2. The molecule has 0 aliphatic rings. The first kappa shape index (κ1) is 21.7. The molecule has 1 amide bonds. The molecule has 8 heteroatoms. The van der Waals surface area contributed by atoms with Gasteiger partial charge in [-0.2, -0.15) is 0 Å². The van der Waals surface area contributed by atoms with Crippen LogP contribution in [0.15, 0.2) is 47.4 Å². The van der Waals surface area contributed by atoms with E-state index in [4.69, 9.17) is 9.47 Å². The Labute approximate surface area is 166 Å². The SMILES string of the molecule is COCCC(C)NC(=O)c1ccc(OC)c(S(=O)(=O)Nc2ccc(C)cc2)c1. The highest BCUT2D eigenvalue weighted by Gasteiger charge is 2.22. The monoisotopic (exact) mass is 406 g/mol. The van der Waals surface area contributed by atoms with Gasteiger partial charge in [0.25, 0.3) is 15.9 Å². The fraction of sp³-hybridized carbons (Fsp3) is 0.350. The van der Waals surface area contributed by atoms with Gasteiger partial charge in [0.2, 0.25) is 0 Å². The van der Waals surface area contributed by atoms with Gasteiger partial charge in [0.05, 0.1) is 7.11 Å². The van der Waals surface area contributed by atoms with Gasteiger partial charge >= 0.3 is 0 Å². The Morgan fingerprint density at radius 2 is 1.79 bits per heavy atom. The Kier molecular flexibility index (Phi) is 7.42. The van der Waals surface area contributed by atoms with E-state index in [2.05, 4.69) is 10.0 Å². The molecule has 0 spiro atoms. The highest BCUT2D eigenvalue weighted by Crippen LogP contribution is 2.27. The van der Waals surface area contributed by atoms with Gasteiger partial charge in [0.1, 0.15) is 10.6 Å². The van der Waals surface area contributed by atoms with Gasteiger partial charge in [-0.3, -0.25) is 9.52 Å². The van der Waals surface area contributed by atoms with Crippen molar-refractivity contribution in [2.45, 2.75) is 31.2 Å². The predicted octanol–water partition coefficient (Wildman–Crippen LogP) is 2.96. The van der Waals surface area contributed by atoms with Gasteiger partial charge in [0, 0.05) is 31.0 Å². The summed E-state index contributed by atoms with van der Waals surface area (Å²) in [4.78, 5) is 12.4. The zero-order chi connectivity index (χ0) is 20.7. The van der Waals surface area contributed by atoms with Crippen molar-refractivity contribution in [2.24, 2.45) is 0 Å². The van der Waals surface area contributed by atoms with E-state index >= 15 is 0 Å². The van der Waals surface area contributed by atoms with Crippen molar-refractivity contribution in [3.05, 3.63) is 53.6 Å². The Bertz CT molecular complexity index is 911. The molecule has 7 nitrogen and oxygen atoms in total. The Hall–Kier alpha value is -2.58. The first-order valence-corrected chi connectivity index (χ1v) is 10.3. The second-order valence-corrected chi connectivity index (χ2v) is 8.14. The van der Waals surface area contributed by atoms with E-state index in [1.807, 2.05) is 13.8 Å². The van der Waals surface area contributed by atoms with Crippen molar-refractivity contribution >= 4 is 21.6 Å². The maximum Gasteiger partial charge on any atom is 0.265 e. The van der Waals surface area contributed by atoms with Crippen LogP contribution in [0.25, 0.3) is 0 Å². The largest absolute Gasteiger partial charge is 0.495 e. The lowest BCUT2D eigenvalue weighted by molar-refractivity contribution is 0.0929. The van der Waals surface area contributed by atoms with Crippen LogP contribution in [0, 0.1) is 6.92 Å². The van der Waals surface area contributed by atoms with Gasteiger partial charge in [-0.15, -0.1) is 0 Å². The molecule has 0 fully saturated rings. The molecule has 0 bridgehead atoms. The number of anilines is 1. The van der Waals surface area contributed by atoms with E-state index < -0.39 is 10.0 Å². The molecule has 2 N–H and O–H groups in total. The van der Waals surface area contributed by atoms with Crippen LogP contribution in [-0.2, 0) is 14.8 Å². The van der Waals surface area contributed by atoms with Crippen molar-refractivity contribution in [1.29, 1.82) is 0 Å². The first-order valence-electron chi connectivity index (χ1n) is 8.84. The highest BCUT2D eigenvalue weighted by atomic mass is 32.2. The van der Waals surface area contributed by atoms with Crippen molar-refractivity contribution < 1.29 is 22.7 Å². The van der Waals surface area contributed by atoms with Gasteiger partial charge < -0.3 is 14.8 Å². The van der Waals surface area contributed by atoms with Crippen LogP contribution in [-0.4, -0.2) is 41.2 Å². The number of carbonyl (C=O) groups is 1. The number of nitrogens with one attached hydrogen (secondary N) is 2. The molecule has 1 unspecified atom stereocenters. The lowest BCUT2D eigenvalue weighted by atomic mass is 10.1. The molecular formula is C20H26N2O5S. The van der Waals surface area contributed by atoms with Crippen LogP contribution >= 0.6 is 0 Å². The standard InChI is InChI=1S/C20H26N2O5S/c1-14-5-8-17(9-6-14)22-28(24,25)19-13-16(7-10-18(19)27-4)20(23)21-15(2)11-12-26-3/h5-10,13,15,22H,11-12H2,1-4H3,(H,21,23). The van der Waals surface area contributed by atoms with E-state index in [9.17, 15) is 13.2 Å². The minimum Gasteiger partial charge on any atom is -0.495 e. The van der Waals surface area contributed by atoms with E-state index in [0.717, 1.165) is 5.56 Å². The Balaban J connectivity index is 2.28. The van der Waals surface area contributed by atoms with Crippen LogP contribution in [0.4, 0.5) is 5.69 Å². The molecule has 28 heavy (non-hydrogen) atoms. The molecule has 0 heterocycles. The molecule has 152 valence electrons. The third-order valence-corrected chi connectivity index (χ3v) is 5.55. The number of sulfonamides is 1. The summed E-state index contributed by atoms with van der Waals surface area (Å²) in [6.07, 6.45) is 0.651. The zero-order valence-corrected chi connectivity index (χ0v) is 17.3. The highest BCUT2D eigenvalue weighted by molar-refractivity contribution is 7.92. The fourth-order valence-corrected chi connectivity index (χ4v) is 3.79. The summed E-state index contributed by atoms with van der Waals surface area (Å²) in [6.45, 7) is 4.29. The summed E-state index contributed by atoms with van der Waals surface area (Å²) in [5, 5.41) is 2.83. The van der Waals surface area contributed by atoms with E-state index in [1.165, 1.54) is 25.3 Å². The Morgan fingerprint density at radius 3 is 2.39 bits per heavy atom. The number of hydrogen-bond acceptors (Lipinski definition) is 5. The number of amides is 1. The molecule has 0 saturated carbocycles. The molecule has 2 aromatic carbocycles. The average Bonchev–Trinajstić information content (AvgIpc) is 2.67. The van der Waals surface area contributed by atoms with E-state index in [0.29, 0.717) is 18.7 Å². The second kappa shape index (κ2) is 9.57. The van der Waals surface area contributed by atoms with E-state index in [1.54, 1.807) is 31.4 Å². The normalized spacial score (nSPS) is 12.3. The smallest absolute Gasteiger partial charge is 0.265 e. The van der Waals surface area contributed by atoms with Crippen molar-refractivity contribution in [1.82, 2.24) is 5.32 Å². The molecule has 2 rings (SSSR count). The summed E-state index contributed by atoms with van der Waals surface area (Å²) < 4.78 is 38.4. The summed E-state index contributed by atoms with van der Waals surface area (Å²) in [7, 11) is -0.967. The summed E-state index contributed by atoms with van der Waals surface area (Å²) in [6, 6.07) is 11.2. The molecule has 0 radical (unpaired) electrons. The lowest BCUT2D eigenvalue weighted by Crippen LogP contribution is -2.33. The molecule has 2 aromatic rings. The number of methoxy groups -OCH3 is 2. The third-order valence-electron chi connectivity index (χ3n) is 4.15. The second-order valence-electron chi connectivity index (χ2n) is 6.49. The fourth-order valence-electron chi connectivity index (χ4n) is 2.53. The molecule has 0 aromatic heterocycles. The van der Waals surface area contributed by atoms with Crippen molar-refractivity contribution in [3.63, 3.8) is 0 Å². The van der Waals surface area contributed by atoms with Crippen molar-refractivity contribution in [3.8, 4) is 5.75 Å². The first-order chi connectivity index (χ1) is 13.3. The quantitative estimate of drug-likeness (QED) is 0.668. The maximum atomic E-state index is 12.9. The predicted molar refractivity (Wildman–Crippen MR) is 108 cm³/mol. The van der Waals surface area contributed by atoms with Crippen molar-refractivity contribution in [2.75, 3.05) is 25.5 Å². The minimum absolute atomic E-state index is 0.104. The van der Waals surface area contributed by atoms with Gasteiger partial charge in [-0.1, -0.05) is 17.7 Å². The van der Waals surface area contributed by atoms with Crippen LogP contribution in [0.5, 0.6) is 5.75 Å². The zero-order valence-electron chi connectivity index (χ0n) is 16.5. The number of carbonyl (C=O) groups excluding carboxylic acids is 1. The number of aryl methyl sites for hydroxylation is 1. The van der Waals surface area contributed by atoms with Crippen LogP contribution in [0.3, 0.4) is 0 Å². The lowest BCUT2D eigenvalue weighted by Gasteiger charge is -2.15. The third kappa shape index (κ3) is 5.71. The molecule has 1 atom stereocenters. The maximum absolute atomic E-state index is 12.9. The van der Waals surface area contributed by atoms with Gasteiger partial charge in [0.15, 0.2) is 0 Å². The van der Waals surface area contributed by atoms with E-state index in [-0.39, 0.29) is 28.2 Å². The number of ether oxygens (including phenoxy) is 2. The van der Waals surface area contributed by atoms with Crippen LogP contribution < -0.4 is 14.8 Å². The van der Waals surface area contributed by atoms with Crippen LogP contribution in [0.1, 0.15) is 29.3 Å².